The van der Waals surface area contributed by atoms with Crippen LogP contribution < -0.4 is 5.32 Å². The van der Waals surface area contributed by atoms with Gasteiger partial charge in [-0.25, -0.2) is 0 Å². The van der Waals surface area contributed by atoms with Gasteiger partial charge in [0, 0.05) is 18.9 Å². The highest BCUT2D eigenvalue weighted by Crippen LogP contribution is 2.89. The highest BCUT2D eigenvalue weighted by Gasteiger charge is 2.84. The van der Waals surface area contributed by atoms with E-state index in [0.717, 1.165) is 19.3 Å². The van der Waals surface area contributed by atoms with Crippen LogP contribution in [0.1, 0.15) is 99.3 Å². The Morgan fingerprint density at radius 3 is 2.40 bits per heavy atom. The topological polar surface area (TPSA) is 78.8 Å². The average molecular weight is 488 g/mol. The van der Waals surface area contributed by atoms with Crippen molar-refractivity contribution in [2.24, 2.45) is 50.7 Å². The van der Waals surface area contributed by atoms with Gasteiger partial charge in [0.2, 0.25) is 5.91 Å². The van der Waals surface area contributed by atoms with E-state index >= 15 is 0 Å². The molecule has 0 bridgehead atoms. The molecule has 1 amide bonds. The molecule has 5 heteroatoms. The van der Waals surface area contributed by atoms with Crippen LogP contribution in [0.5, 0.6) is 0 Å². The molecule has 35 heavy (non-hydrogen) atoms. The molecule has 0 aromatic rings. The highest BCUT2D eigenvalue weighted by atomic mass is 16.5. The maximum Gasteiger partial charge on any atom is 0.216 e. The SMILES string of the molecule is CC(=O)NCCC1CC(C)C2C(O1)C(O)C1(C)C3CCC4C(C)(C)C(O)CCC45CC35CCC21C. The Balaban J connectivity index is 1.30. The van der Waals surface area contributed by atoms with Crippen LogP contribution in [0, 0.1) is 50.7 Å². The third-order valence-corrected chi connectivity index (χ3v) is 13.7. The van der Waals surface area contributed by atoms with Crippen LogP contribution in [0.4, 0.5) is 0 Å². The second-order valence-corrected chi connectivity index (χ2v) is 14.9. The molecule has 12 atom stereocenters. The summed E-state index contributed by atoms with van der Waals surface area (Å²) in [6, 6.07) is 0. The molecule has 198 valence electrons. The molecule has 1 heterocycles. The molecule has 12 unspecified atom stereocenters. The molecular formula is C30H49NO4. The summed E-state index contributed by atoms with van der Waals surface area (Å²) < 4.78 is 6.74. The largest absolute Gasteiger partial charge is 0.393 e. The van der Waals surface area contributed by atoms with Gasteiger partial charge in [-0.1, -0.05) is 34.6 Å². The summed E-state index contributed by atoms with van der Waals surface area (Å²) in [5.41, 5.74) is 0.689. The molecule has 6 rings (SSSR count). The number of rotatable bonds is 3. The maximum absolute atomic E-state index is 12.2. The first-order valence-corrected chi connectivity index (χ1v) is 14.6. The van der Waals surface area contributed by atoms with Crippen molar-refractivity contribution in [2.75, 3.05) is 6.54 Å². The summed E-state index contributed by atoms with van der Waals surface area (Å²) in [6.07, 6.45) is 9.54. The number of fused-ring (bicyclic) bond motifs is 4. The lowest BCUT2D eigenvalue weighted by Crippen LogP contribution is -2.59. The number of aliphatic hydroxyl groups excluding tert-OH is 2. The number of carbonyl (C=O) groups is 1. The molecule has 6 aliphatic rings. The number of ether oxygens (including phenoxy) is 1. The molecule has 3 N–H and O–H groups in total. The molecule has 5 saturated carbocycles. The Bertz CT molecular complexity index is 905. The second kappa shape index (κ2) is 7.47. The number of carbonyl (C=O) groups excluding carboxylic acids is 1. The molecule has 1 saturated heterocycles. The van der Waals surface area contributed by atoms with Crippen LogP contribution in [0.3, 0.4) is 0 Å². The lowest BCUT2D eigenvalue weighted by atomic mass is 9.41. The molecule has 5 nitrogen and oxygen atoms in total. The van der Waals surface area contributed by atoms with Crippen LogP contribution in [-0.2, 0) is 9.53 Å². The Kier molecular flexibility index (Phi) is 5.27. The number of amides is 1. The van der Waals surface area contributed by atoms with Crippen molar-refractivity contribution in [3.63, 3.8) is 0 Å². The van der Waals surface area contributed by atoms with E-state index in [4.69, 9.17) is 4.74 Å². The lowest BCUT2D eigenvalue weighted by Gasteiger charge is -2.63. The summed E-state index contributed by atoms with van der Waals surface area (Å²) in [7, 11) is 0. The zero-order chi connectivity index (χ0) is 25.2. The van der Waals surface area contributed by atoms with Crippen LogP contribution >= 0.6 is 0 Å². The number of nitrogens with one attached hydrogen (secondary N) is 1. The molecule has 0 radical (unpaired) electrons. The quantitative estimate of drug-likeness (QED) is 0.540. The molecule has 0 aromatic heterocycles. The molecule has 0 aromatic carbocycles. The van der Waals surface area contributed by atoms with Crippen LogP contribution in [0.25, 0.3) is 0 Å². The third-order valence-electron chi connectivity index (χ3n) is 13.7. The normalized spacial score (nSPS) is 57.7. The average Bonchev–Trinajstić information content (AvgIpc) is 3.41. The van der Waals surface area contributed by atoms with Crippen molar-refractivity contribution in [1.82, 2.24) is 5.32 Å². The van der Waals surface area contributed by atoms with Gasteiger partial charge in [-0.3, -0.25) is 4.79 Å². The Morgan fingerprint density at radius 2 is 1.69 bits per heavy atom. The fourth-order valence-electron chi connectivity index (χ4n) is 12.0. The number of aliphatic hydroxyl groups is 2. The Labute approximate surface area is 212 Å². The van der Waals surface area contributed by atoms with Gasteiger partial charge < -0.3 is 20.3 Å². The van der Waals surface area contributed by atoms with Crippen molar-refractivity contribution < 1.29 is 19.7 Å². The van der Waals surface area contributed by atoms with Crippen LogP contribution in [0.15, 0.2) is 0 Å². The minimum absolute atomic E-state index is 0.00455. The van der Waals surface area contributed by atoms with Crippen molar-refractivity contribution in [3.05, 3.63) is 0 Å². The van der Waals surface area contributed by atoms with Gasteiger partial charge in [0.05, 0.1) is 24.4 Å². The van der Waals surface area contributed by atoms with Crippen LogP contribution in [-0.4, -0.2) is 47.1 Å². The van der Waals surface area contributed by atoms with Gasteiger partial charge in [-0.15, -0.1) is 0 Å². The fourth-order valence-corrected chi connectivity index (χ4v) is 12.0. The van der Waals surface area contributed by atoms with E-state index < -0.39 is 6.10 Å². The van der Waals surface area contributed by atoms with E-state index in [9.17, 15) is 15.0 Å². The van der Waals surface area contributed by atoms with Gasteiger partial charge >= 0.3 is 0 Å². The predicted octanol–water partition coefficient (Wildman–Crippen LogP) is 4.69. The fraction of sp³-hybridized carbons (Fsp3) is 0.967. The number of hydrogen-bond acceptors (Lipinski definition) is 4. The highest BCUT2D eigenvalue weighted by molar-refractivity contribution is 5.72. The van der Waals surface area contributed by atoms with Gasteiger partial charge in [0.25, 0.3) is 0 Å². The van der Waals surface area contributed by atoms with Gasteiger partial charge in [0.1, 0.15) is 0 Å². The summed E-state index contributed by atoms with van der Waals surface area (Å²) in [6.45, 7) is 14.2. The van der Waals surface area contributed by atoms with Gasteiger partial charge in [-0.05, 0) is 103 Å². The van der Waals surface area contributed by atoms with Crippen molar-refractivity contribution in [1.29, 1.82) is 0 Å². The van der Waals surface area contributed by atoms with E-state index in [2.05, 4.69) is 39.9 Å². The van der Waals surface area contributed by atoms with Crippen molar-refractivity contribution in [2.45, 2.75) is 124 Å². The smallest absolute Gasteiger partial charge is 0.216 e. The minimum atomic E-state index is -0.429. The zero-order valence-electron chi connectivity index (χ0n) is 22.9. The predicted molar refractivity (Wildman–Crippen MR) is 135 cm³/mol. The summed E-state index contributed by atoms with van der Waals surface area (Å²) in [4.78, 5) is 11.4. The molecule has 5 aliphatic carbocycles. The maximum atomic E-state index is 12.2. The van der Waals surface area contributed by atoms with Crippen molar-refractivity contribution in [3.8, 4) is 0 Å². The van der Waals surface area contributed by atoms with E-state index in [-0.39, 0.29) is 40.5 Å². The lowest BCUT2D eigenvalue weighted by molar-refractivity contribution is -0.182. The summed E-state index contributed by atoms with van der Waals surface area (Å²) in [5.74, 6) is 2.08. The number of hydrogen-bond donors (Lipinski definition) is 3. The molecule has 1 aliphatic heterocycles. The van der Waals surface area contributed by atoms with E-state index in [1.165, 1.54) is 38.5 Å². The molecule has 6 fully saturated rings. The standard InChI is InChI=1S/C30H49NO4/c1-17-15-19(10-14-31-18(2)32)35-24-23(17)27(5)12-13-30-16-29(30)11-9-22(33)26(3,4)20(29)7-8-21(30)28(27,6)25(24)34/h17,19-25,33-34H,7-16H2,1-6H3,(H,31,32). The first-order chi connectivity index (χ1) is 16.3. The first-order valence-electron chi connectivity index (χ1n) is 14.6. The second-order valence-electron chi connectivity index (χ2n) is 14.9. The molecule has 2 spiro atoms. The summed E-state index contributed by atoms with van der Waals surface area (Å²) in [5, 5.41) is 26.0. The van der Waals surface area contributed by atoms with Crippen LogP contribution in [0.2, 0.25) is 0 Å². The first kappa shape index (κ1) is 24.7. The Hall–Kier alpha value is -0.650. The van der Waals surface area contributed by atoms with Gasteiger partial charge in [-0.2, -0.15) is 0 Å². The van der Waals surface area contributed by atoms with E-state index in [0.29, 0.717) is 41.0 Å². The monoisotopic (exact) mass is 487 g/mol. The zero-order valence-corrected chi connectivity index (χ0v) is 22.9. The summed E-state index contributed by atoms with van der Waals surface area (Å²) >= 11 is 0. The van der Waals surface area contributed by atoms with E-state index in [1.807, 2.05) is 0 Å². The Morgan fingerprint density at radius 1 is 1.00 bits per heavy atom. The van der Waals surface area contributed by atoms with Gasteiger partial charge in [0.15, 0.2) is 0 Å². The van der Waals surface area contributed by atoms with E-state index in [1.54, 1.807) is 6.92 Å². The van der Waals surface area contributed by atoms with Crippen molar-refractivity contribution >= 4 is 5.91 Å². The molecular weight excluding hydrogens is 438 g/mol. The minimum Gasteiger partial charge on any atom is -0.393 e. The third kappa shape index (κ3) is 2.84.